The quantitative estimate of drug-likeness (QED) is 0.790. The van der Waals surface area contributed by atoms with Crippen LogP contribution >= 0.6 is 0 Å². The molecule has 21 heavy (non-hydrogen) atoms. The lowest BCUT2D eigenvalue weighted by Gasteiger charge is -2.08. The summed E-state index contributed by atoms with van der Waals surface area (Å²) >= 11 is 0. The van der Waals surface area contributed by atoms with Crippen molar-refractivity contribution in [2.45, 2.75) is 51.5 Å². The maximum Gasteiger partial charge on any atom is 0.187 e. The molecule has 1 fully saturated rings. The number of hydrogen-bond acceptors (Lipinski definition) is 3. The van der Waals surface area contributed by atoms with E-state index in [0.29, 0.717) is 18.2 Å². The van der Waals surface area contributed by atoms with Crippen LogP contribution in [-0.4, -0.2) is 20.5 Å². The molecule has 0 N–H and O–H groups in total. The number of aryl methyl sites for hydroxylation is 1. The molecule has 2 aromatic rings. The van der Waals surface area contributed by atoms with Crippen LogP contribution in [0.1, 0.15) is 60.4 Å². The lowest BCUT2D eigenvalue weighted by Crippen LogP contribution is -2.11. The first-order valence-corrected chi connectivity index (χ1v) is 7.79. The van der Waals surface area contributed by atoms with Gasteiger partial charge in [0, 0.05) is 12.4 Å². The number of ketones is 1. The number of carbonyl (C=O) groups is 1. The molecule has 0 aromatic carbocycles. The minimum atomic E-state index is 0.0594. The van der Waals surface area contributed by atoms with Crippen LogP contribution in [0.3, 0.4) is 0 Å². The van der Waals surface area contributed by atoms with Crippen LogP contribution in [0.4, 0.5) is 0 Å². The summed E-state index contributed by atoms with van der Waals surface area (Å²) in [7, 11) is 0. The zero-order valence-corrected chi connectivity index (χ0v) is 12.5. The molecule has 0 spiro atoms. The number of rotatable bonds is 5. The van der Waals surface area contributed by atoms with E-state index in [0.717, 1.165) is 17.7 Å². The summed E-state index contributed by atoms with van der Waals surface area (Å²) in [6.07, 6.45) is 9.83. The van der Waals surface area contributed by atoms with Gasteiger partial charge in [0.2, 0.25) is 0 Å². The van der Waals surface area contributed by atoms with E-state index in [2.05, 4.69) is 10.1 Å². The first-order valence-electron chi connectivity index (χ1n) is 7.79. The normalized spacial score (nSPS) is 15.5. The smallest absolute Gasteiger partial charge is 0.187 e. The highest BCUT2D eigenvalue weighted by molar-refractivity contribution is 5.96. The molecule has 0 aliphatic heterocycles. The van der Waals surface area contributed by atoms with E-state index in [1.54, 1.807) is 6.20 Å². The second kappa shape index (κ2) is 6.20. The minimum Gasteiger partial charge on any atom is -0.292 e. The average Bonchev–Trinajstić information content (AvgIpc) is 3.17. The van der Waals surface area contributed by atoms with Gasteiger partial charge in [-0.3, -0.25) is 14.5 Å². The van der Waals surface area contributed by atoms with E-state index >= 15 is 0 Å². The Kier molecular flexibility index (Phi) is 4.13. The highest BCUT2D eigenvalue weighted by Gasteiger charge is 2.19. The molecule has 0 amide bonds. The van der Waals surface area contributed by atoms with Gasteiger partial charge in [0.25, 0.3) is 0 Å². The highest BCUT2D eigenvalue weighted by Crippen LogP contribution is 2.28. The van der Waals surface area contributed by atoms with Gasteiger partial charge in [-0.2, -0.15) is 5.10 Å². The molecule has 110 valence electrons. The number of aromatic nitrogens is 3. The van der Waals surface area contributed by atoms with Gasteiger partial charge in [-0.05, 0) is 37.0 Å². The molecule has 1 aliphatic carbocycles. The summed E-state index contributed by atoms with van der Waals surface area (Å²) in [6, 6.07) is 6.34. The van der Waals surface area contributed by atoms with Crippen LogP contribution in [0.5, 0.6) is 0 Å². The van der Waals surface area contributed by atoms with Gasteiger partial charge in [-0.15, -0.1) is 0 Å². The fraction of sp³-hybridized carbons (Fsp3) is 0.471. The standard InChI is InChI=1S/C17H21N3O/c1-2-13-6-5-10-18-17(13)16(21)12-14-9-11-20(19-14)15-7-3-4-8-15/h5-6,9-11,15H,2-4,7-8,12H2,1H3. The predicted octanol–water partition coefficient (Wildman–Crippen LogP) is 3.38. The fourth-order valence-corrected chi connectivity index (χ4v) is 3.07. The Hall–Kier alpha value is -1.97. The van der Waals surface area contributed by atoms with Gasteiger partial charge in [-0.1, -0.05) is 25.8 Å². The summed E-state index contributed by atoms with van der Waals surface area (Å²) in [5, 5.41) is 4.58. The molecular weight excluding hydrogens is 262 g/mol. The number of Topliss-reactive ketones (excluding diaryl/α,β-unsaturated/α-hetero) is 1. The minimum absolute atomic E-state index is 0.0594. The molecule has 3 rings (SSSR count). The Balaban J connectivity index is 1.72. The van der Waals surface area contributed by atoms with E-state index in [-0.39, 0.29) is 5.78 Å². The first-order chi connectivity index (χ1) is 10.3. The maximum atomic E-state index is 12.4. The summed E-state index contributed by atoms with van der Waals surface area (Å²) in [5.74, 6) is 0.0594. The van der Waals surface area contributed by atoms with Crippen molar-refractivity contribution in [3.05, 3.63) is 47.5 Å². The summed E-state index contributed by atoms with van der Waals surface area (Å²) in [5.41, 5.74) is 2.45. The largest absolute Gasteiger partial charge is 0.292 e. The fourth-order valence-electron chi connectivity index (χ4n) is 3.07. The van der Waals surface area contributed by atoms with Gasteiger partial charge in [0.15, 0.2) is 5.78 Å². The number of nitrogens with zero attached hydrogens (tertiary/aromatic N) is 3. The molecular formula is C17H21N3O. The van der Waals surface area contributed by atoms with Crippen LogP contribution in [-0.2, 0) is 12.8 Å². The van der Waals surface area contributed by atoms with Crippen molar-refractivity contribution in [3.8, 4) is 0 Å². The third-order valence-electron chi connectivity index (χ3n) is 4.24. The van der Waals surface area contributed by atoms with Crippen molar-refractivity contribution >= 4 is 5.78 Å². The first kappa shape index (κ1) is 14.0. The molecule has 0 saturated heterocycles. The number of hydrogen-bond donors (Lipinski definition) is 0. The Morgan fingerprint density at radius 1 is 1.33 bits per heavy atom. The number of pyridine rings is 1. The van der Waals surface area contributed by atoms with Crippen molar-refractivity contribution < 1.29 is 4.79 Å². The third kappa shape index (κ3) is 3.04. The van der Waals surface area contributed by atoms with Gasteiger partial charge in [0.1, 0.15) is 5.69 Å². The molecule has 0 radical (unpaired) electrons. The average molecular weight is 283 g/mol. The molecule has 4 heteroatoms. The molecule has 1 saturated carbocycles. The molecule has 2 aromatic heterocycles. The Bertz CT molecular complexity index is 626. The molecule has 1 aliphatic rings. The highest BCUT2D eigenvalue weighted by atomic mass is 16.1. The maximum absolute atomic E-state index is 12.4. The second-order valence-electron chi connectivity index (χ2n) is 5.69. The van der Waals surface area contributed by atoms with Gasteiger partial charge in [0.05, 0.1) is 18.2 Å². The zero-order valence-electron chi connectivity index (χ0n) is 12.5. The van der Waals surface area contributed by atoms with E-state index < -0.39 is 0 Å². The van der Waals surface area contributed by atoms with Crippen molar-refractivity contribution in [2.24, 2.45) is 0 Å². The van der Waals surface area contributed by atoms with E-state index in [9.17, 15) is 4.79 Å². The van der Waals surface area contributed by atoms with Crippen molar-refractivity contribution in [3.63, 3.8) is 0 Å². The van der Waals surface area contributed by atoms with Gasteiger partial charge >= 0.3 is 0 Å². The Morgan fingerprint density at radius 2 is 2.14 bits per heavy atom. The van der Waals surface area contributed by atoms with Crippen molar-refractivity contribution in [1.29, 1.82) is 0 Å². The molecule has 0 bridgehead atoms. The van der Waals surface area contributed by atoms with Gasteiger partial charge in [-0.25, -0.2) is 0 Å². The predicted molar refractivity (Wildman–Crippen MR) is 81.4 cm³/mol. The summed E-state index contributed by atoms with van der Waals surface area (Å²) < 4.78 is 2.04. The topological polar surface area (TPSA) is 47.8 Å². The SMILES string of the molecule is CCc1cccnc1C(=O)Cc1ccn(C2CCCC2)n1. The lowest BCUT2D eigenvalue weighted by molar-refractivity contribution is 0.0986. The molecule has 4 nitrogen and oxygen atoms in total. The monoisotopic (exact) mass is 283 g/mol. The van der Waals surface area contributed by atoms with E-state index in [4.69, 9.17) is 0 Å². The van der Waals surface area contributed by atoms with Gasteiger partial charge < -0.3 is 0 Å². The van der Waals surface area contributed by atoms with Crippen molar-refractivity contribution in [1.82, 2.24) is 14.8 Å². The zero-order chi connectivity index (χ0) is 14.7. The molecule has 0 unspecified atom stereocenters. The summed E-state index contributed by atoms with van der Waals surface area (Å²) in [4.78, 5) is 16.7. The molecule has 0 atom stereocenters. The van der Waals surface area contributed by atoms with Crippen LogP contribution in [0.25, 0.3) is 0 Å². The Morgan fingerprint density at radius 3 is 2.90 bits per heavy atom. The Labute approximate surface area is 125 Å². The van der Waals surface area contributed by atoms with Crippen LogP contribution in [0.2, 0.25) is 0 Å². The third-order valence-corrected chi connectivity index (χ3v) is 4.24. The van der Waals surface area contributed by atoms with E-state index in [1.165, 1.54) is 25.7 Å². The second-order valence-corrected chi connectivity index (χ2v) is 5.69. The van der Waals surface area contributed by atoms with E-state index in [1.807, 2.05) is 36.0 Å². The summed E-state index contributed by atoms with van der Waals surface area (Å²) in [6.45, 7) is 2.04. The lowest BCUT2D eigenvalue weighted by atomic mass is 10.1. The van der Waals surface area contributed by atoms with Crippen LogP contribution in [0, 0.1) is 0 Å². The molecule has 2 heterocycles. The van der Waals surface area contributed by atoms with Crippen LogP contribution < -0.4 is 0 Å². The number of carbonyl (C=O) groups excluding carboxylic acids is 1. The van der Waals surface area contributed by atoms with Crippen LogP contribution in [0.15, 0.2) is 30.6 Å². The van der Waals surface area contributed by atoms with Crippen molar-refractivity contribution in [2.75, 3.05) is 0 Å².